The van der Waals surface area contributed by atoms with Crippen LogP contribution in [0, 0.1) is 0 Å². The summed E-state index contributed by atoms with van der Waals surface area (Å²) in [7, 11) is 0. The van der Waals surface area contributed by atoms with Crippen LogP contribution in [-0.2, 0) is 6.42 Å². The molecule has 5 heteroatoms. The van der Waals surface area contributed by atoms with Crippen LogP contribution in [-0.4, -0.2) is 25.6 Å². The minimum absolute atomic E-state index is 0.482. The van der Waals surface area contributed by atoms with E-state index < -0.39 is 0 Å². The van der Waals surface area contributed by atoms with E-state index in [-0.39, 0.29) is 0 Å². The Labute approximate surface area is 121 Å². The summed E-state index contributed by atoms with van der Waals surface area (Å²) in [6.45, 7) is 0. The second-order valence-corrected chi connectivity index (χ2v) is 4.97. The number of nitrogens with zero attached hydrogens (tertiary/aromatic N) is 5. The molecule has 102 valence electrons. The lowest BCUT2D eigenvalue weighted by molar-refractivity contribution is 0.802. The van der Waals surface area contributed by atoms with Gasteiger partial charge in [0.1, 0.15) is 5.69 Å². The van der Waals surface area contributed by atoms with Gasteiger partial charge in [0.25, 0.3) is 0 Å². The van der Waals surface area contributed by atoms with Gasteiger partial charge in [-0.05, 0) is 37.5 Å². The molecule has 0 atom stereocenters. The monoisotopic (exact) mass is 275 g/mol. The molecule has 1 aromatic carbocycles. The fourth-order valence-corrected chi connectivity index (χ4v) is 2.56. The standard InChI is InChI=1S/C16H13N5/c1-2-6-12-11(5-1)19-13-7-3-8-14(15(13)20-12)21-16-17-9-4-10-18-16/h1-2,4-6,9-10H,3,7-8H2. The summed E-state index contributed by atoms with van der Waals surface area (Å²) < 4.78 is 0. The summed E-state index contributed by atoms with van der Waals surface area (Å²) in [5, 5.41) is 0. The molecule has 5 nitrogen and oxygen atoms in total. The fraction of sp³-hybridized carbons (Fsp3) is 0.188. The summed E-state index contributed by atoms with van der Waals surface area (Å²) in [4.78, 5) is 22.3. The lowest BCUT2D eigenvalue weighted by Crippen LogP contribution is -2.16. The van der Waals surface area contributed by atoms with Crippen LogP contribution >= 0.6 is 0 Å². The van der Waals surface area contributed by atoms with Crippen LogP contribution in [0.3, 0.4) is 0 Å². The van der Waals surface area contributed by atoms with Gasteiger partial charge in [0, 0.05) is 12.4 Å². The first-order chi connectivity index (χ1) is 10.4. The molecule has 0 N–H and O–H groups in total. The highest BCUT2D eigenvalue weighted by atomic mass is 15.0. The van der Waals surface area contributed by atoms with Gasteiger partial charge >= 0.3 is 0 Å². The van der Waals surface area contributed by atoms with Gasteiger partial charge in [-0.15, -0.1) is 0 Å². The number of para-hydroxylation sites is 2. The first kappa shape index (κ1) is 12.1. The number of aliphatic imine (C=N–C) groups is 1. The molecular weight excluding hydrogens is 262 g/mol. The summed E-state index contributed by atoms with van der Waals surface area (Å²) in [5.74, 6) is 0.482. The van der Waals surface area contributed by atoms with Crippen LogP contribution < -0.4 is 0 Å². The predicted molar refractivity (Wildman–Crippen MR) is 80.7 cm³/mol. The molecule has 0 unspecified atom stereocenters. The molecule has 0 aliphatic heterocycles. The molecule has 1 aliphatic rings. The van der Waals surface area contributed by atoms with E-state index in [1.807, 2.05) is 24.3 Å². The molecule has 2 heterocycles. The first-order valence-electron chi connectivity index (χ1n) is 7.01. The van der Waals surface area contributed by atoms with Crippen molar-refractivity contribution in [3.05, 3.63) is 54.1 Å². The molecule has 0 amide bonds. The van der Waals surface area contributed by atoms with E-state index in [9.17, 15) is 0 Å². The average Bonchev–Trinajstić information content (AvgIpc) is 2.54. The van der Waals surface area contributed by atoms with Crippen LogP contribution in [0.2, 0.25) is 0 Å². The predicted octanol–water partition coefficient (Wildman–Crippen LogP) is 2.88. The Morgan fingerprint density at radius 3 is 2.43 bits per heavy atom. The van der Waals surface area contributed by atoms with Crippen molar-refractivity contribution in [2.24, 2.45) is 4.99 Å². The van der Waals surface area contributed by atoms with E-state index in [4.69, 9.17) is 9.97 Å². The molecule has 0 saturated heterocycles. The van der Waals surface area contributed by atoms with Crippen LogP contribution in [0.4, 0.5) is 5.95 Å². The van der Waals surface area contributed by atoms with E-state index >= 15 is 0 Å². The average molecular weight is 275 g/mol. The minimum atomic E-state index is 0.482. The maximum atomic E-state index is 4.74. The largest absolute Gasteiger partial charge is 0.249 e. The Hall–Kier alpha value is -2.69. The zero-order valence-electron chi connectivity index (χ0n) is 11.4. The number of rotatable bonds is 1. The van der Waals surface area contributed by atoms with E-state index in [1.165, 1.54) is 0 Å². The van der Waals surface area contributed by atoms with Crippen molar-refractivity contribution in [2.75, 3.05) is 0 Å². The highest BCUT2D eigenvalue weighted by Crippen LogP contribution is 2.23. The van der Waals surface area contributed by atoms with Crippen molar-refractivity contribution in [3.63, 3.8) is 0 Å². The molecule has 0 radical (unpaired) electrons. The molecule has 1 aliphatic carbocycles. The normalized spacial score (nSPS) is 16.1. The van der Waals surface area contributed by atoms with Crippen molar-refractivity contribution in [2.45, 2.75) is 19.3 Å². The summed E-state index contributed by atoms with van der Waals surface area (Å²) >= 11 is 0. The van der Waals surface area contributed by atoms with Gasteiger partial charge in [-0.1, -0.05) is 12.1 Å². The Kier molecular flexibility index (Phi) is 2.88. The SMILES string of the molecule is c1cnc(N=C2CCCc3nc4ccccc4nc32)nc1. The second-order valence-electron chi connectivity index (χ2n) is 4.97. The fourth-order valence-electron chi connectivity index (χ4n) is 2.56. The van der Waals surface area contributed by atoms with Crippen molar-refractivity contribution >= 4 is 22.7 Å². The zero-order chi connectivity index (χ0) is 14.1. The third-order valence-electron chi connectivity index (χ3n) is 3.53. The highest BCUT2D eigenvalue weighted by Gasteiger charge is 2.19. The van der Waals surface area contributed by atoms with Gasteiger partial charge in [-0.3, -0.25) is 0 Å². The number of fused-ring (bicyclic) bond motifs is 2. The Balaban J connectivity index is 1.87. The van der Waals surface area contributed by atoms with E-state index in [1.54, 1.807) is 18.5 Å². The van der Waals surface area contributed by atoms with Crippen LogP contribution in [0.25, 0.3) is 11.0 Å². The Bertz CT molecular complexity index is 826. The molecule has 0 saturated carbocycles. The molecule has 0 spiro atoms. The van der Waals surface area contributed by atoms with Crippen molar-refractivity contribution in [1.82, 2.24) is 19.9 Å². The molecule has 2 aromatic heterocycles. The number of hydrogen-bond donors (Lipinski definition) is 0. The minimum Gasteiger partial charge on any atom is -0.249 e. The molecular formula is C16H13N5. The van der Waals surface area contributed by atoms with Gasteiger partial charge in [0.2, 0.25) is 5.95 Å². The lowest BCUT2D eigenvalue weighted by atomic mass is 9.98. The maximum absolute atomic E-state index is 4.74. The Morgan fingerprint density at radius 2 is 1.62 bits per heavy atom. The van der Waals surface area contributed by atoms with Crippen molar-refractivity contribution < 1.29 is 0 Å². The summed E-state index contributed by atoms with van der Waals surface area (Å²) in [6.07, 6.45) is 6.26. The summed E-state index contributed by atoms with van der Waals surface area (Å²) in [5.41, 5.74) is 4.69. The molecule has 3 aromatic rings. The number of aryl methyl sites for hydroxylation is 1. The van der Waals surface area contributed by atoms with Gasteiger partial charge in [0.15, 0.2) is 0 Å². The number of benzene rings is 1. The molecule has 0 bridgehead atoms. The zero-order valence-corrected chi connectivity index (χ0v) is 11.4. The molecule has 21 heavy (non-hydrogen) atoms. The highest BCUT2D eigenvalue weighted by molar-refractivity contribution is 6.02. The van der Waals surface area contributed by atoms with Crippen LogP contribution in [0.5, 0.6) is 0 Å². The van der Waals surface area contributed by atoms with Gasteiger partial charge in [-0.25, -0.2) is 24.9 Å². The summed E-state index contributed by atoms with van der Waals surface area (Å²) in [6, 6.07) is 9.72. The van der Waals surface area contributed by atoms with Gasteiger partial charge < -0.3 is 0 Å². The Morgan fingerprint density at radius 1 is 0.857 bits per heavy atom. The quantitative estimate of drug-likeness (QED) is 0.685. The van der Waals surface area contributed by atoms with Gasteiger partial charge in [0.05, 0.1) is 22.4 Å². The molecule has 0 fully saturated rings. The maximum Gasteiger partial charge on any atom is 0.249 e. The smallest absolute Gasteiger partial charge is 0.249 e. The number of aromatic nitrogens is 4. The van der Waals surface area contributed by atoms with Gasteiger partial charge in [-0.2, -0.15) is 0 Å². The number of hydrogen-bond acceptors (Lipinski definition) is 5. The molecule has 4 rings (SSSR count). The topological polar surface area (TPSA) is 63.9 Å². The lowest BCUT2D eigenvalue weighted by Gasteiger charge is -2.16. The van der Waals surface area contributed by atoms with E-state index in [0.717, 1.165) is 47.4 Å². The third kappa shape index (κ3) is 2.27. The van der Waals surface area contributed by atoms with Crippen LogP contribution in [0.1, 0.15) is 24.2 Å². The van der Waals surface area contributed by atoms with E-state index in [2.05, 4.69) is 15.0 Å². The second kappa shape index (κ2) is 5.01. The third-order valence-corrected chi connectivity index (χ3v) is 3.53. The van der Waals surface area contributed by atoms with Crippen molar-refractivity contribution in [1.29, 1.82) is 0 Å². The van der Waals surface area contributed by atoms with Crippen molar-refractivity contribution in [3.8, 4) is 0 Å². The van der Waals surface area contributed by atoms with E-state index in [0.29, 0.717) is 5.95 Å². The first-order valence-corrected chi connectivity index (χ1v) is 7.01. The van der Waals surface area contributed by atoms with Crippen LogP contribution in [0.15, 0.2) is 47.7 Å².